The lowest BCUT2D eigenvalue weighted by atomic mass is 10.1. The van der Waals surface area contributed by atoms with Crippen LogP contribution in [-0.4, -0.2) is 45.0 Å². The Hall–Kier alpha value is -1.30. The maximum absolute atomic E-state index is 6.10. The van der Waals surface area contributed by atoms with E-state index in [0.717, 1.165) is 47.1 Å². The number of nitrogen functional groups attached to an aromatic ring is 1. The third kappa shape index (κ3) is 4.79. The number of rotatable bonds is 7. The van der Waals surface area contributed by atoms with Gasteiger partial charge in [-0.25, -0.2) is 4.98 Å². The fourth-order valence-corrected chi connectivity index (χ4v) is 5.08. The fraction of sp³-hybridized carbons (Fsp3) is 0.450. The van der Waals surface area contributed by atoms with Crippen molar-refractivity contribution in [3.63, 3.8) is 0 Å². The fourth-order valence-electron chi connectivity index (χ4n) is 3.40. The standard InChI is InChI=1S/C20H24ClIN6OS/c1-11(2)10-24-3-4-28-16(25-17-18(23)26-20(21)27-19(17)28)8-12-7-15-14(9-13(12)22)29-5-6-30-15/h7,9,11,24H,3-6,8,10H2,1-2H3,(H2,23,26,27). The van der Waals surface area contributed by atoms with Crippen LogP contribution in [0, 0.1) is 9.49 Å². The Balaban J connectivity index is 1.69. The summed E-state index contributed by atoms with van der Waals surface area (Å²) >= 11 is 10.3. The number of ether oxygens (including phenoxy) is 1. The number of fused-ring (bicyclic) bond motifs is 2. The van der Waals surface area contributed by atoms with Crippen LogP contribution in [0.25, 0.3) is 11.2 Å². The van der Waals surface area contributed by atoms with Crippen molar-refractivity contribution in [2.45, 2.75) is 31.7 Å². The molecule has 2 aromatic heterocycles. The third-order valence-electron chi connectivity index (χ3n) is 4.80. The third-order valence-corrected chi connectivity index (χ3v) is 6.97. The van der Waals surface area contributed by atoms with Gasteiger partial charge in [-0.1, -0.05) is 13.8 Å². The van der Waals surface area contributed by atoms with Gasteiger partial charge in [0.2, 0.25) is 5.28 Å². The number of hydrogen-bond donors (Lipinski definition) is 2. The number of hydrogen-bond acceptors (Lipinski definition) is 7. The van der Waals surface area contributed by atoms with Crippen molar-refractivity contribution in [1.82, 2.24) is 24.8 Å². The van der Waals surface area contributed by atoms with E-state index in [1.807, 2.05) is 11.8 Å². The lowest BCUT2D eigenvalue weighted by Crippen LogP contribution is -2.25. The van der Waals surface area contributed by atoms with E-state index in [1.165, 1.54) is 10.5 Å². The summed E-state index contributed by atoms with van der Waals surface area (Å²) in [6.07, 6.45) is 0.670. The number of nitrogens with zero attached hydrogens (tertiary/aromatic N) is 4. The van der Waals surface area contributed by atoms with Crippen LogP contribution in [0.3, 0.4) is 0 Å². The van der Waals surface area contributed by atoms with Crippen LogP contribution in [0.15, 0.2) is 17.0 Å². The molecule has 0 fully saturated rings. The zero-order chi connectivity index (χ0) is 21.3. The molecule has 0 spiro atoms. The zero-order valence-corrected chi connectivity index (χ0v) is 20.6. The van der Waals surface area contributed by atoms with Gasteiger partial charge in [0.05, 0.1) is 6.61 Å². The highest BCUT2D eigenvalue weighted by Crippen LogP contribution is 2.36. The molecule has 3 N–H and O–H groups in total. The van der Waals surface area contributed by atoms with Gasteiger partial charge in [-0.2, -0.15) is 9.97 Å². The minimum Gasteiger partial charge on any atom is -0.492 e. The molecule has 1 aromatic carbocycles. The quantitative estimate of drug-likeness (QED) is 0.257. The van der Waals surface area contributed by atoms with Gasteiger partial charge >= 0.3 is 0 Å². The molecule has 0 radical (unpaired) electrons. The van der Waals surface area contributed by atoms with E-state index < -0.39 is 0 Å². The van der Waals surface area contributed by atoms with Crippen molar-refractivity contribution in [2.75, 3.05) is 31.2 Å². The molecule has 10 heteroatoms. The number of aromatic nitrogens is 4. The van der Waals surface area contributed by atoms with Gasteiger partial charge in [0.1, 0.15) is 11.6 Å². The molecule has 3 heterocycles. The first-order valence-electron chi connectivity index (χ1n) is 9.89. The largest absolute Gasteiger partial charge is 0.492 e. The highest BCUT2D eigenvalue weighted by Gasteiger charge is 2.19. The number of thioether (sulfide) groups is 1. The maximum Gasteiger partial charge on any atom is 0.226 e. The lowest BCUT2D eigenvalue weighted by Gasteiger charge is -2.19. The smallest absolute Gasteiger partial charge is 0.226 e. The van der Waals surface area contributed by atoms with E-state index in [0.29, 0.717) is 29.3 Å². The minimum atomic E-state index is 0.139. The summed E-state index contributed by atoms with van der Waals surface area (Å²) in [6.45, 7) is 7.63. The number of halogens is 2. The number of benzene rings is 1. The Kier molecular flexibility index (Phi) is 6.91. The summed E-state index contributed by atoms with van der Waals surface area (Å²) in [5.74, 6) is 3.74. The molecule has 0 bridgehead atoms. The molecule has 0 unspecified atom stereocenters. The van der Waals surface area contributed by atoms with Gasteiger partial charge in [0.15, 0.2) is 17.0 Å². The molecule has 0 saturated carbocycles. The molecule has 0 amide bonds. The van der Waals surface area contributed by atoms with Gasteiger partial charge in [0, 0.05) is 33.7 Å². The van der Waals surface area contributed by atoms with Crippen LogP contribution in [0.1, 0.15) is 25.2 Å². The first-order chi connectivity index (χ1) is 14.4. The van der Waals surface area contributed by atoms with Crippen molar-refractivity contribution in [2.24, 2.45) is 5.92 Å². The molecule has 1 aliphatic heterocycles. The van der Waals surface area contributed by atoms with E-state index in [-0.39, 0.29) is 5.28 Å². The molecule has 0 saturated heterocycles. The maximum atomic E-state index is 6.10. The first kappa shape index (κ1) is 21.9. The monoisotopic (exact) mass is 558 g/mol. The minimum absolute atomic E-state index is 0.139. The van der Waals surface area contributed by atoms with Crippen LogP contribution in [0.4, 0.5) is 5.82 Å². The molecular formula is C20H24ClIN6OS. The van der Waals surface area contributed by atoms with E-state index in [1.54, 1.807) is 0 Å². The predicted octanol–water partition coefficient (Wildman–Crippen LogP) is 3.99. The van der Waals surface area contributed by atoms with Gasteiger partial charge in [0.25, 0.3) is 0 Å². The zero-order valence-electron chi connectivity index (χ0n) is 16.9. The van der Waals surface area contributed by atoms with Crippen LogP contribution >= 0.6 is 46.0 Å². The molecule has 160 valence electrons. The van der Waals surface area contributed by atoms with E-state index in [4.69, 9.17) is 27.1 Å². The average molecular weight is 559 g/mol. The summed E-state index contributed by atoms with van der Waals surface area (Å²) in [7, 11) is 0. The topological polar surface area (TPSA) is 90.9 Å². The number of imidazole rings is 1. The predicted molar refractivity (Wildman–Crippen MR) is 131 cm³/mol. The molecule has 3 aromatic rings. The Morgan fingerprint density at radius 3 is 2.97 bits per heavy atom. The van der Waals surface area contributed by atoms with E-state index in [2.05, 4.69) is 68.4 Å². The summed E-state index contributed by atoms with van der Waals surface area (Å²) in [6, 6.07) is 4.32. The SMILES string of the molecule is CC(C)CNCCn1c(Cc2cc3c(cc2I)OCCS3)nc2c(N)nc(Cl)nc21. The van der Waals surface area contributed by atoms with E-state index >= 15 is 0 Å². The normalized spacial score (nSPS) is 13.6. The van der Waals surface area contributed by atoms with Crippen molar-refractivity contribution in [1.29, 1.82) is 0 Å². The van der Waals surface area contributed by atoms with Crippen LogP contribution in [-0.2, 0) is 13.0 Å². The molecule has 30 heavy (non-hydrogen) atoms. The highest BCUT2D eigenvalue weighted by atomic mass is 127. The second-order valence-electron chi connectivity index (χ2n) is 7.59. The summed E-state index contributed by atoms with van der Waals surface area (Å²) in [5.41, 5.74) is 8.59. The Labute approximate surface area is 198 Å². The van der Waals surface area contributed by atoms with Gasteiger partial charge < -0.3 is 20.4 Å². The number of anilines is 1. The molecule has 0 atom stereocenters. The average Bonchev–Trinajstić information content (AvgIpc) is 3.03. The molecular weight excluding hydrogens is 535 g/mol. The Bertz CT molecular complexity index is 1070. The second kappa shape index (κ2) is 9.46. The highest BCUT2D eigenvalue weighted by molar-refractivity contribution is 14.1. The Morgan fingerprint density at radius 1 is 1.33 bits per heavy atom. The summed E-state index contributed by atoms with van der Waals surface area (Å²) in [5, 5.41) is 3.62. The summed E-state index contributed by atoms with van der Waals surface area (Å²) in [4.78, 5) is 14.5. The van der Waals surface area contributed by atoms with Crippen LogP contribution < -0.4 is 15.8 Å². The lowest BCUT2D eigenvalue weighted by molar-refractivity contribution is 0.329. The molecule has 1 aliphatic rings. The number of nitrogens with one attached hydrogen (secondary N) is 1. The molecule has 0 aliphatic carbocycles. The molecule has 4 rings (SSSR count). The van der Waals surface area contributed by atoms with Crippen molar-refractivity contribution >= 4 is 62.9 Å². The van der Waals surface area contributed by atoms with Crippen LogP contribution in [0.2, 0.25) is 5.28 Å². The van der Waals surface area contributed by atoms with Crippen molar-refractivity contribution in [3.8, 4) is 5.75 Å². The second-order valence-corrected chi connectivity index (χ2v) is 10.2. The van der Waals surface area contributed by atoms with Crippen molar-refractivity contribution < 1.29 is 4.74 Å². The summed E-state index contributed by atoms with van der Waals surface area (Å²) < 4.78 is 9.05. The van der Waals surface area contributed by atoms with Gasteiger partial charge in [-0.3, -0.25) is 0 Å². The first-order valence-corrected chi connectivity index (χ1v) is 12.3. The van der Waals surface area contributed by atoms with Crippen LogP contribution in [0.5, 0.6) is 5.75 Å². The Morgan fingerprint density at radius 2 is 2.17 bits per heavy atom. The van der Waals surface area contributed by atoms with Crippen molar-refractivity contribution in [3.05, 3.63) is 32.4 Å². The van der Waals surface area contributed by atoms with Gasteiger partial charge in [-0.15, -0.1) is 11.8 Å². The number of nitrogens with two attached hydrogens (primary N) is 1. The molecule has 7 nitrogen and oxygen atoms in total. The van der Waals surface area contributed by atoms with E-state index in [9.17, 15) is 0 Å². The van der Waals surface area contributed by atoms with Gasteiger partial charge in [-0.05, 0) is 64.4 Å².